The molecule has 0 aliphatic rings. The van der Waals surface area contributed by atoms with Crippen molar-refractivity contribution in [3.05, 3.63) is 77.9 Å². The van der Waals surface area contributed by atoms with Crippen LogP contribution in [0.3, 0.4) is 0 Å². The van der Waals surface area contributed by atoms with Gasteiger partial charge in [-0.2, -0.15) is 0 Å². The Morgan fingerprint density at radius 2 is 1.43 bits per heavy atom. The summed E-state index contributed by atoms with van der Waals surface area (Å²) in [6, 6.07) is 24.1. The molecule has 0 aliphatic heterocycles. The molecule has 0 saturated carbocycles. The van der Waals surface area contributed by atoms with Gasteiger partial charge < -0.3 is 9.88 Å². The van der Waals surface area contributed by atoms with E-state index in [-0.39, 0.29) is 0 Å². The number of hydrogen-bond acceptors (Lipinski definition) is 1. The third-order valence-electron chi connectivity index (χ3n) is 5.85. The SMILES string of the molecule is CCCCN(CCCC)c1ccc(C=Cc2cccc3c2[nH]c2ccccc23)cc1. The molecule has 1 aromatic heterocycles. The number of H-pyrrole nitrogens is 1. The van der Waals surface area contributed by atoms with Gasteiger partial charge in [0.25, 0.3) is 0 Å². The summed E-state index contributed by atoms with van der Waals surface area (Å²) in [5.74, 6) is 0. The van der Waals surface area contributed by atoms with E-state index in [1.165, 1.54) is 64.3 Å². The molecule has 0 unspecified atom stereocenters. The fraction of sp³-hybridized carbons (Fsp3) is 0.286. The monoisotopic (exact) mass is 396 g/mol. The maximum atomic E-state index is 3.59. The molecule has 4 aromatic rings. The Hall–Kier alpha value is -3.00. The summed E-state index contributed by atoms with van der Waals surface area (Å²) in [6.07, 6.45) is 9.41. The first-order valence-electron chi connectivity index (χ1n) is 11.3. The maximum absolute atomic E-state index is 3.59. The Kier molecular flexibility index (Phi) is 6.53. The van der Waals surface area contributed by atoms with Gasteiger partial charge in [0.2, 0.25) is 0 Å². The summed E-state index contributed by atoms with van der Waals surface area (Å²) in [4.78, 5) is 6.12. The minimum atomic E-state index is 1.15. The average Bonchev–Trinajstić information content (AvgIpc) is 3.18. The third kappa shape index (κ3) is 4.43. The van der Waals surface area contributed by atoms with E-state index in [2.05, 4.69) is 103 Å². The zero-order chi connectivity index (χ0) is 20.8. The van der Waals surface area contributed by atoms with E-state index in [1.807, 2.05) is 0 Å². The quantitative estimate of drug-likeness (QED) is 0.285. The van der Waals surface area contributed by atoms with Crippen molar-refractivity contribution in [1.82, 2.24) is 4.98 Å². The van der Waals surface area contributed by atoms with Crippen molar-refractivity contribution in [1.29, 1.82) is 0 Å². The number of unbranched alkanes of at least 4 members (excludes halogenated alkanes) is 2. The Morgan fingerprint density at radius 3 is 2.17 bits per heavy atom. The lowest BCUT2D eigenvalue weighted by Crippen LogP contribution is -2.25. The molecule has 0 saturated heterocycles. The largest absolute Gasteiger partial charge is 0.372 e. The predicted octanol–water partition coefficient (Wildman–Crippen LogP) is 7.90. The van der Waals surface area contributed by atoms with Crippen molar-refractivity contribution in [2.75, 3.05) is 18.0 Å². The van der Waals surface area contributed by atoms with Crippen LogP contribution >= 0.6 is 0 Å². The van der Waals surface area contributed by atoms with E-state index < -0.39 is 0 Å². The number of benzene rings is 3. The Labute approximate surface area is 180 Å². The molecule has 0 atom stereocenters. The van der Waals surface area contributed by atoms with Crippen LogP contribution in [0.2, 0.25) is 0 Å². The second-order valence-corrected chi connectivity index (χ2v) is 8.06. The molecule has 30 heavy (non-hydrogen) atoms. The summed E-state index contributed by atoms with van der Waals surface area (Å²) < 4.78 is 0. The van der Waals surface area contributed by atoms with Gasteiger partial charge >= 0.3 is 0 Å². The minimum absolute atomic E-state index is 1.15. The van der Waals surface area contributed by atoms with Crippen LogP contribution < -0.4 is 4.90 Å². The first-order valence-corrected chi connectivity index (χ1v) is 11.3. The van der Waals surface area contributed by atoms with Crippen LogP contribution in [-0.2, 0) is 0 Å². The number of rotatable bonds is 9. The van der Waals surface area contributed by atoms with Crippen LogP contribution in [-0.4, -0.2) is 18.1 Å². The lowest BCUT2D eigenvalue weighted by atomic mass is 10.1. The highest BCUT2D eigenvalue weighted by molar-refractivity contribution is 6.09. The zero-order valence-corrected chi connectivity index (χ0v) is 18.2. The second-order valence-electron chi connectivity index (χ2n) is 8.06. The molecule has 0 aliphatic carbocycles. The van der Waals surface area contributed by atoms with Gasteiger partial charge in [-0.15, -0.1) is 0 Å². The molecule has 0 bridgehead atoms. The summed E-state index contributed by atoms with van der Waals surface area (Å²) in [5, 5.41) is 2.57. The molecule has 1 N–H and O–H groups in total. The number of nitrogens with zero attached hydrogens (tertiary/aromatic N) is 1. The van der Waals surface area contributed by atoms with Gasteiger partial charge in [0.05, 0.1) is 5.52 Å². The first-order chi connectivity index (χ1) is 14.8. The molecule has 0 radical (unpaired) electrons. The summed E-state index contributed by atoms with van der Waals surface area (Å²) in [6.45, 7) is 6.82. The van der Waals surface area contributed by atoms with Crippen LogP contribution in [0.1, 0.15) is 50.7 Å². The second kappa shape index (κ2) is 9.67. The van der Waals surface area contributed by atoms with Crippen molar-refractivity contribution in [2.45, 2.75) is 39.5 Å². The topological polar surface area (TPSA) is 19.0 Å². The standard InChI is InChI=1S/C28H32N2/c1-3-5-20-30(21-6-4-2)24-18-15-22(16-19-24)14-17-23-10-9-12-26-25-11-7-8-13-27(25)29-28(23)26/h7-19,29H,3-6,20-21H2,1-2H3. The first kappa shape index (κ1) is 20.3. The van der Waals surface area contributed by atoms with Gasteiger partial charge in [-0.05, 0) is 42.2 Å². The fourth-order valence-corrected chi connectivity index (χ4v) is 4.08. The molecule has 2 nitrogen and oxygen atoms in total. The van der Waals surface area contributed by atoms with Gasteiger partial charge in [0.1, 0.15) is 0 Å². The van der Waals surface area contributed by atoms with Crippen molar-refractivity contribution in [3.63, 3.8) is 0 Å². The smallest absolute Gasteiger partial charge is 0.0538 e. The molecule has 0 fully saturated rings. The van der Waals surface area contributed by atoms with E-state index in [1.54, 1.807) is 0 Å². The number of hydrogen-bond donors (Lipinski definition) is 1. The van der Waals surface area contributed by atoms with Crippen LogP contribution in [0.5, 0.6) is 0 Å². The summed E-state index contributed by atoms with van der Waals surface area (Å²) in [5.41, 5.74) is 6.19. The van der Waals surface area contributed by atoms with Crippen LogP contribution in [0.4, 0.5) is 5.69 Å². The van der Waals surface area contributed by atoms with E-state index in [0.29, 0.717) is 0 Å². The molecule has 1 heterocycles. The average molecular weight is 397 g/mol. The van der Waals surface area contributed by atoms with E-state index >= 15 is 0 Å². The lowest BCUT2D eigenvalue weighted by Gasteiger charge is -2.24. The molecule has 4 rings (SSSR count). The summed E-state index contributed by atoms with van der Waals surface area (Å²) >= 11 is 0. The fourth-order valence-electron chi connectivity index (χ4n) is 4.08. The lowest BCUT2D eigenvalue weighted by molar-refractivity contribution is 0.678. The molecule has 3 aromatic carbocycles. The molecule has 154 valence electrons. The molecule has 2 heteroatoms. The van der Waals surface area contributed by atoms with Gasteiger partial charge in [-0.1, -0.05) is 87.4 Å². The van der Waals surface area contributed by atoms with Crippen molar-refractivity contribution >= 4 is 39.6 Å². The van der Waals surface area contributed by atoms with E-state index in [9.17, 15) is 0 Å². The van der Waals surface area contributed by atoms with E-state index in [4.69, 9.17) is 0 Å². The van der Waals surface area contributed by atoms with Crippen LogP contribution in [0.25, 0.3) is 34.0 Å². The van der Waals surface area contributed by atoms with Crippen molar-refractivity contribution in [3.8, 4) is 0 Å². The molecular weight excluding hydrogens is 364 g/mol. The predicted molar refractivity (Wildman–Crippen MR) is 133 cm³/mol. The Bertz CT molecular complexity index is 1110. The van der Waals surface area contributed by atoms with Crippen molar-refractivity contribution in [2.24, 2.45) is 0 Å². The zero-order valence-electron chi connectivity index (χ0n) is 18.2. The number of anilines is 1. The van der Waals surface area contributed by atoms with Gasteiger partial charge in [-0.25, -0.2) is 0 Å². The number of aromatic nitrogens is 1. The number of para-hydroxylation sites is 2. The molecule has 0 amide bonds. The van der Waals surface area contributed by atoms with Crippen LogP contribution in [0, 0.1) is 0 Å². The van der Waals surface area contributed by atoms with Gasteiger partial charge in [0, 0.05) is 35.1 Å². The molecule has 0 spiro atoms. The summed E-state index contributed by atoms with van der Waals surface area (Å²) in [7, 11) is 0. The number of aromatic amines is 1. The normalized spacial score (nSPS) is 11.7. The highest BCUT2D eigenvalue weighted by Gasteiger charge is 2.07. The third-order valence-corrected chi connectivity index (χ3v) is 5.85. The van der Waals surface area contributed by atoms with Crippen LogP contribution in [0.15, 0.2) is 66.7 Å². The Morgan fingerprint density at radius 1 is 0.733 bits per heavy atom. The van der Waals surface area contributed by atoms with E-state index in [0.717, 1.165) is 13.1 Å². The maximum Gasteiger partial charge on any atom is 0.0538 e. The Balaban J connectivity index is 1.55. The minimum Gasteiger partial charge on any atom is -0.372 e. The van der Waals surface area contributed by atoms with Gasteiger partial charge in [0.15, 0.2) is 0 Å². The van der Waals surface area contributed by atoms with Gasteiger partial charge in [-0.3, -0.25) is 0 Å². The highest BCUT2D eigenvalue weighted by Crippen LogP contribution is 2.28. The highest BCUT2D eigenvalue weighted by atomic mass is 15.1. The number of fused-ring (bicyclic) bond motifs is 3. The number of nitrogens with one attached hydrogen (secondary N) is 1. The molecular formula is C28H32N2. The van der Waals surface area contributed by atoms with Crippen molar-refractivity contribution < 1.29 is 0 Å².